The molecule has 0 aliphatic carbocycles. The Morgan fingerprint density at radius 1 is 1.37 bits per heavy atom. The van der Waals surface area contributed by atoms with Crippen LogP contribution in [0.1, 0.15) is 24.2 Å². The molecule has 5 nitrogen and oxygen atoms in total. The summed E-state index contributed by atoms with van der Waals surface area (Å²) in [6, 6.07) is 3.34. The van der Waals surface area contributed by atoms with Gasteiger partial charge >= 0.3 is 5.97 Å². The van der Waals surface area contributed by atoms with Gasteiger partial charge in [0.2, 0.25) is 0 Å². The minimum Gasteiger partial charge on any atom is -0.506 e. The maximum Gasteiger partial charge on any atom is 0.328 e. The largest absolute Gasteiger partial charge is 0.506 e. The van der Waals surface area contributed by atoms with Crippen LogP contribution in [-0.2, 0) is 9.53 Å². The molecular weight excluding hydrogens is 270 g/mol. The molecule has 6 heteroatoms. The van der Waals surface area contributed by atoms with Gasteiger partial charge in [0.15, 0.2) is 0 Å². The molecule has 0 saturated carbocycles. The van der Waals surface area contributed by atoms with Crippen LogP contribution in [0.25, 0.3) is 0 Å². The molecule has 0 saturated heterocycles. The van der Waals surface area contributed by atoms with E-state index in [0.717, 1.165) is 0 Å². The summed E-state index contributed by atoms with van der Waals surface area (Å²) in [6.07, 6.45) is 0. The monoisotopic (exact) mass is 285 g/mol. The number of carbonyl (C=O) groups excluding carboxylic acids is 2. The van der Waals surface area contributed by atoms with E-state index in [9.17, 15) is 14.7 Å². The van der Waals surface area contributed by atoms with Gasteiger partial charge in [-0.2, -0.15) is 0 Å². The topological polar surface area (TPSA) is 75.6 Å². The summed E-state index contributed by atoms with van der Waals surface area (Å²) in [5.41, 5.74) is 0.261. The molecule has 1 amide bonds. The quantitative estimate of drug-likeness (QED) is 0.830. The van der Waals surface area contributed by atoms with Crippen molar-refractivity contribution < 1.29 is 19.4 Å². The number of benzene rings is 1. The Hall–Kier alpha value is -1.75. The lowest BCUT2D eigenvalue weighted by molar-refractivity contribution is -0.144. The number of esters is 1. The van der Waals surface area contributed by atoms with Crippen LogP contribution in [0.15, 0.2) is 18.2 Å². The highest BCUT2D eigenvalue weighted by Gasteiger charge is 2.25. The van der Waals surface area contributed by atoms with Gasteiger partial charge < -0.3 is 15.2 Å². The van der Waals surface area contributed by atoms with Crippen LogP contribution in [0.5, 0.6) is 5.75 Å². The van der Waals surface area contributed by atoms with E-state index < -0.39 is 17.9 Å². The first kappa shape index (κ1) is 15.3. The summed E-state index contributed by atoms with van der Waals surface area (Å²) < 4.78 is 4.63. The molecule has 19 heavy (non-hydrogen) atoms. The van der Waals surface area contributed by atoms with Crippen molar-refractivity contribution in [2.24, 2.45) is 5.92 Å². The third kappa shape index (κ3) is 3.86. The number of aromatic hydroxyl groups is 1. The number of phenols is 1. The van der Waals surface area contributed by atoms with Crippen molar-refractivity contribution >= 4 is 23.5 Å². The number of amides is 1. The number of nitrogens with one attached hydrogen (secondary N) is 1. The molecule has 0 aliphatic heterocycles. The van der Waals surface area contributed by atoms with Crippen molar-refractivity contribution in [3.8, 4) is 5.75 Å². The Morgan fingerprint density at radius 2 is 2.00 bits per heavy atom. The van der Waals surface area contributed by atoms with E-state index in [0.29, 0.717) is 0 Å². The molecule has 104 valence electrons. The summed E-state index contributed by atoms with van der Waals surface area (Å²) in [5.74, 6) is -1.17. The summed E-state index contributed by atoms with van der Waals surface area (Å²) in [5, 5.41) is 11.9. The van der Waals surface area contributed by atoms with Crippen molar-refractivity contribution in [1.82, 2.24) is 5.32 Å². The lowest BCUT2D eigenvalue weighted by atomic mass is 10.0. The summed E-state index contributed by atoms with van der Waals surface area (Å²) in [4.78, 5) is 23.5. The van der Waals surface area contributed by atoms with Crippen LogP contribution in [0.4, 0.5) is 0 Å². The molecule has 0 spiro atoms. The van der Waals surface area contributed by atoms with Gasteiger partial charge in [-0.25, -0.2) is 4.79 Å². The Morgan fingerprint density at radius 3 is 2.47 bits per heavy atom. The maximum absolute atomic E-state index is 12.0. The molecular formula is C13H16ClNO4. The predicted molar refractivity (Wildman–Crippen MR) is 71.2 cm³/mol. The Bertz CT molecular complexity index is 488. The minimum atomic E-state index is -0.731. The molecule has 2 N–H and O–H groups in total. The zero-order valence-electron chi connectivity index (χ0n) is 10.9. The molecule has 1 aromatic carbocycles. The van der Waals surface area contributed by atoms with E-state index in [1.54, 1.807) is 13.8 Å². The van der Waals surface area contributed by atoms with Crippen molar-refractivity contribution in [3.63, 3.8) is 0 Å². The van der Waals surface area contributed by atoms with Crippen molar-refractivity contribution in [1.29, 1.82) is 0 Å². The van der Waals surface area contributed by atoms with Crippen molar-refractivity contribution in [2.45, 2.75) is 19.9 Å². The van der Waals surface area contributed by atoms with E-state index in [-0.39, 0.29) is 22.3 Å². The van der Waals surface area contributed by atoms with Crippen molar-refractivity contribution in [3.05, 3.63) is 28.8 Å². The number of carbonyl (C=O) groups is 2. The third-order valence-corrected chi connectivity index (χ3v) is 2.92. The second-order valence-electron chi connectivity index (χ2n) is 4.38. The number of methoxy groups -OCH3 is 1. The molecule has 0 radical (unpaired) electrons. The second kappa shape index (κ2) is 6.43. The van der Waals surface area contributed by atoms with E-state index in [1.165, 1.54) is 25.3 Å². The Kier molecular flexibility index (Phi) is 5.18. The first-order valence-electron chi connectivity index (χ1n) is 5.74. The first-order valence-corrected chi connectivity index (χ1v) is 6.11. The molecule has 1 aromatic rings. The van der Waals surface area contributed by atoms with Crippen LogP contribution in [0, 0.1) is 5.92 Å². The molecule has 1 rings (SSSR count). The van der Waals surface area contributed by atoms with Crippen LogP contribution >= 0.6 is 11.6 Å². The van der Waals surface area contributed by atoms with Crippen LogP contribution in [0.2, 0.25) is 5.02 Å². The molecule has 0 bridgehead atoms. The van der Waals surface area contributed by atoms with Gasteiger partial charge in [0.05, 0.1) is 12.1 Å². The highest BCUT2D eigenvalue weighted by atomic mass is 35.5. The van der Waals surface area contributed by atoms with Gasteiger partial charge in [0, 0.05) is 5.56 Å². The number of halogens is 1. The smallest absolute Gasteiger partial charge is 0.328 e. The fourth-order valence-electron chi connectivity index (χ4n) is 1.50. The summed E-state index contributed by atoms with van der Waals surface area (Å²) in [6.45, 7) is 3.59. The normalized spacial score (nSPS) is 12.1. The molecule has 0 heterocycles. The summed E-state index contributed by atoms with van der Waals surface area (Å²) >= 11 is 5.73. The highest BCUT2D eigenvalue weighted by molar-refractivity contribution is 6.32. The number of hydrogen-bond donors (Lipinski definition) is 2. The average Bonchev–Trinajstić information content (AvgIpc) is 2.37. The zero-order chi connectivity index (χ0) is 14.6. The molecule has 0 aliphatic rings. The van der Waals surface area contributed by atoms with E-state index in [2.05, 4.69) is 10.1 Å². The van der Waals surface area contributed by atoms with Crippen LogP contribution in [-0.4, -0.2) is 30.1 Å². The SMILES string of the molecule is COC(=O)C(NC(=O)c1ccc(O)c(Cl)c1)C(C)C. The van der Waals surface area contributed by atoms with Gasteiger partial charge in [-0.1, -0.05) is 25.4 Å². The standard InChI is InChI=1S/C13H16ClNO4/c1-7(2)11(13(18)19-3)15-12(17)8-4-5-10(16)9(14)6-8/h4-7,11,16H,1-3H3,(H,15,17). The second-order valence-corrected chi connectivity index (χ2v) is 4.79. The first-order chi connectivity index (χ1) is 8.86. The highest BCUT2D eigenvalue weighted by Crippen LogP contribution is 2.23. The fourth-order valence-corrected chi connectivity index (χ4v) is 1.68. The van der Waals surface area contributed by atoms with Crippen LogP contribution < -0.4 is 5.32 Å². The zero-order valence-corrected chi connectivity index (χ0v) is 11.7. The van der Waals surface area contributed by atoms with Crippen LogP contribution in [0.3, 0.4) is 0 Å². The Balaban J connectivity index is 2.87. The maximum atomic E-state index is 12.0. The lowest BCUT2D eigenvalue weighted by Gasteiger charge is -2.19. The average molecular weight is 286 g/mol. The number of phenolic OH excluding ortho intramolecular Hbond substituents is 1. The third-order valence-electron chi connectivity index (χ3n) is 2.62. The van der Waals surface area contributed by atoms with E-state index in [4.69, 9.17) is 11.6 Å². The minimum absolute atomic E-state index is 0.0758. The molecule has 0 fully saturated rings. The molecule has 1 atom stereocenters. The Labute approximate surface area is 116 Å². The van der Waals surface area contributed by atoms with Gasteiger partial charge in [-0.3, -0.25) is 4.79 Å². The number of ether oxygens (including phenoxy) is 1. The van der Waals surface area contributed by atoms with E-state index in [1.807, 2.05) is 0 Å². The molecule has 0 aromatic heterocycles. The van der Waals surface area contributed by atoms with Gasteiger partial charge in [-0.05, 0) is 24.1 Å². The fraction of sp³-hybridized carbons (Fsp3) is 0.385. The van der Waals surface area contributed by atoms with Gasteiger partial charge in [0.1, 0.15) is 11.8 Å². The molecule has 1 unspecified atom stereocenters. The lowest BCUT2D eigenvalue weighted by Crippen LogP contribution is -2.45. The van der Waals surface area contributed by atoms with E-state index >= 15 is 0 Å². The van der Waals surface area contributed by atoms with Gasteiger partial charge in [-0.15, -0.1) is 0 Å². The summed E-state index contributed by atoms with van der Waals surface area (Å²) in [7, 11) is 1.27. The number of rotatable bonds is 4. The number of hydrogen-bond acceptors (Lipinski definition) is 4. The van der Waals surface area contributed by atoms with Crippen molar-refractivity contribution in [2.75, 3.05) is 7.11 Å². The predicted octanol–water partition coefficient (Wildman–Crippen LogP) is 1.97. The van der Waals surface area contributed by atoms with Gasteiger partial charge in [0.25, 0.3) is 5.91 Å².